The molecule has 0 amide bonds. The standard InChI is InChI=1S/C23H17FN6O3.H2S/c1-13(14-6-8-15(9-7-14)17-4-2-3-5-18(17)24)30-20-19(11-26-30)27-23(28-21(20)31)29-12-16(10-25-29)22(32)33;/h2-13H,1H3,(H,32,33)(H,27,28,31);1H2/t13-;/m0./s1. The van der Waals surface area contributed by atoms with Crippen molar-refractivity contribution in [2.75, 3.05) is 0 Å². The molecule has 0 bridgehead atoms. The van der Waals surface area contributed by atoms with Crippen molar-refractivity contribution in [2.24, 2.45) is 0 Å². The zero-order chi connectivity index (χ0) is 23.1. The highest BCUT2D eigenvalue weighted by molar-refractivity contribution is 7.59. The van der Waals surface area contributed by atoms with Crippen molar-refractivity contribution in [2.45, 2.75) is 13.0 Å². The minimum Gasteiger partial charge on any atom is -0.478 e. The fraction of sp³-hybridized carbons (Fsp3) is 0.0870. The van der Waals surface area contributed by atoms with E-state index in [9.17, 15) is 14.0 Å². The topological polar surface area (TPSA) is 119 Å². The van der Waals surface area contributed by atoms with Crippen molar-refractivity contribution < 1.29 is 14.3 Å². The van der Waals surface area contributed by atoms with E-state index in [2.05, 4.69) is 20.2 Å². The predicted molar refractivity (Wildman–Crippen MR) is 128 cm³/mol. The molecule has 3 heterocycles. The number of rotatable bonds is 5. The second-order valence-electron chi connectivity index (χ2n) is 7.47. The average Bonchev–Trinajstić information content (AvgIpc) is 3.47. The largest absolute Gasteiger partial charge is 0.478 e. The van der Waals surface area contributed by atoms with Crippen LogP contribution in [0.15, 0.2) is 71.9 Å². The lowest BCUT2D eigenvalue weighted by Crippen LogP contribution is -2.18. The molecule has 34 heavy (non-hydrogen) atoms. The Morgan fingerprint density at radius 1 is 1.09 bits per heavy atom. The van der Waals surface area contributed by atoms with Crippen LogP contribution in [-0.2, 0) is 0 Å². The number of nitrogens with zero attached hydrogens (tertiary/aromatic N) is 5. The first-order valence-electron chi connectivity index (χ1n) is 10.0. The minimum atomic E-state index is -1.13. The van der Waals surface area contributed by atoms with Crippen LogP contribution in [0.3, 0.4) is 0 Å². The predicted octanol–water partition coefficient (Wildman–Crippen LogP) is 3.53. The summed E-state index contributed by atoms with van der Waals surface area (Å²) in [6, 6.07) is 13.7. The van der Waals surface area contributed by atoms with Crippen molar-refractivity contribution in [1.82, 2.24) is 29.5 Å². The molecular formula is C23H19FN6O3S. The molecule has 1 atom stereocenters. The molecule has 0 aliphatic heterocycles. The molecule has 2 N–H and O–H groups in total. The summed E-state index contributed by atoms with van der Waals surface area (Å²) in [6.45, 7) is 1.89. The van der Waals surface area contributed by atoms with Crippen molar-refractivity contribution in [3.8, 4) is 17.1 Å². The highest BCUT2D eigenvalue weighted by Gasteiger charge is 2.18. The van der Waals surface area contributed by atoms with Crippen LogP contribution in [0, 0.1) is 5.82 Å². The molecule has 172 valence electrons. The lowest BCUT2D eigenvalue weighted by molar-refractivity contribution is 0.0697. The number of nitrogens with one attached hydrogen (secondary N) is 1. The maximum absolute atomic E-state index is 14.1. The van der Waals surface area contributed by atoms with Gasteiger partial charge in [-0.3, -0.25) is 14.5 Å². The van der Waals surface area contributed by atoms with Gasteiger partial charge in [0.2, 0.25) is 5.95 Å². The number of carboxylic acids is 1. The molecule has 5 aromatic rings. The summed E-state index contributed by atoms with van der Waals surface area (Å²) < 4.78 is 16.8. The SMILES string of the molecule is C[C@@H](c1ccc(-c2ccccc2F)cc1)n1ncc2nc(-n3cc(C(=O)O)cn3)[nH]c(=O)c21.S. The highest BCUT2D eigenvalue weighted by Crippen LogP contribution is 2.26. The molecule has 0 spiro atoms. The van der Waals surface area contributed by atoms with E-state index in [4.69, 9.17) is 5.11 Å². The summed E-state index contributed by atoms with van der Waals surface area (Å²) in [4.78, 5) is 30.9. The summed E-state index contributed by atoms with van der Waals surface area (Å²) in [7, 11) is 0. The second kappa shape index (κ2) is 8.94. The molecule has 2 aromatic carbocycles. The van der Waals surface area contributed by atoms with Gasteiger partial charge in [-0.05, 0) is 24.1 Å². The van der Waals surface area contributed by atoms with Gasteiger partial charge in [-0.1, -0.05) is 42.5 Å². The molecule has 0 aliphatic carbocycles. The van der Waals surface area contributed by atoms with Gasteiger partial charge in [0.05, 0.1) is 24.0 Å². The number of carboxylic acid groups (broad SMARTS) is 1. The zero-order valence-corrected chi connectivity index (χ0v) is 18.8. The molecule has 0 aliphatic rings. The Labute approximate surface area is 199 Å². The van der Waals surface area contributed by atoms with E-state index in [0.29, 0.717) is 11.1 Å². The third-order valence-electron chi connectivity index (χ3n) is 5.43. The first-order chi connectivity index (χ1) is 15.9. The third-order valence-corrected chi connectivity index (χ3v) is 5.43. The Balaban J connectivity index is 0.00000274. The smallest absolute Gasteiger partial charge is 0.338 e. The Morgan fingerprint density at radius 2 is 1.82 bits per heavy atom. The normalized spacial score (nSPS) is 11.8. The van der Waals surface area contributed by atoms with Crippen LogP contribution in [0.1, 0.15) is 28.9 Å². The van der Waals surface area contributed by atoms with Crippen molar-refractivity contribution in [1.29, 1.82) is 0 Å². The number of carbonyl (C=O) groups is 1. The van der Waals surface area contributed by atoms with Gasteiger partial charge in [0, 0.05) is 11.8 Å². The van der Waals surface area contributed by atoms with E-state index in [1.54, 1.807) is 22.9 Å². The number of hydrogen-bond donors (Lipinski definition) is 2. The summed E-state index contributed by atoms with van der Waals surface area (Å²) in [5.41, 5.74) is 2.29. The van der Waals surface area contributed by atoms with Crippen LogP contribution < -0.4 is 5.56 Å². The number of aromatic amines is 1. The summed E-state index contributed by atoms with van der Waals surface area (Å²) in [5.74, 6) is -1.34. The van der Waals surface area contributed by atoms with Crippen LogP contribution in [-0.4, -0.2) is 40.6 Å². The molecule has 3 aromatic heterocycles. The Morgan fingerprint density at radius 3 is 2.50 bits per heavy atom. The number of fused-ring (bicyclic) bond motifs is 1. The quantitative estimate of drug-likeness (QED) is 0.399. The fourth-order valence-corrected chi connectivity index (χ4v) is 3.69. The van der Waals surface area contributed by atoms with E-state index < -0.39 is 11.5 Å². The number of halogens is 1. The highest BCUT2D eigenvalue weighted by atomic mass is 32.1. The summed E-state index contributed by atoms with van der Waals surface area (Å²) >= 11 is 0. The minimum absolute atomic E-state index is 0. The maximum atomic E-state index is 14.1. The monoisotopic (exact) mass is 478 g/mol. The van der Waals surface area contributed by atoms with Gasteiger partial charge in [-0.2, -0.15) is 23.7 Å². The van der Waals surface area contributed by atoms with E-state index >= 15 is 0 Å². The Hall–Kier alpha value is -4.25. The van der Waals surface area contributed by atoms with Crippen molar-refractivity contribution in [3.05, 3.63) is 94.4 Å². The van der Waals surface area contributed by atoms with Gasteiger partial charge in [-0.15, -0.1) is 0 Å². The van der Waals surface area contributed by atoms with E-state index in [0.717, 1.165) is 11.1 Å². The van der Waals surface area contributed by atoms with Gasteiger partial charge < -0.3 is 5.11 Å². The van der Waals surface area contributed by atoms with Crippen LogP contribution in [0.2, 0.25) is 0 Å². The van der Waals surface area contributed by atoms with Crippen LogP contribution in [0.5, 0.6) is 0 Å². The molecule has 0 saturated carbocycles. The number of H-pyrrole nitrogens is 1. The maximum Gasteiger partial charge on any atom is 0.338 e. The first-order valence-corrected chi connectivity index (χ1v) is 10.0. The van der Waals surface area contributed by atoms with Gasteiger partial charge in [0.25, 0.3) is 5.56 Å². The van der Waals surface area contributed by atoms with Crippen LogP contribution >= 0.6 is 13.5 Å². The van der Waals surface area contributed by atoms with E-state index in [1.165, 1.54) is 29.3 Å². The third kappa shape index (κ3) is 3.97. The van der Waals surface area contributed by atoms with Crippen LogP contribution in [0.25, 0.3) is 28.1 Å². The van der Waals surface area contributed by atoms with Gasteiger partial charge in [-0.25, -0.2) is 18.9 Å². The molecular weight excluding hydrogens is 459 g/mol. The van der Waals surface area contributed by atoms with E-state index in [-0.39, 0.29) is 42.4 Å². The molecule has 11 heteroatoms. The summed E-state index contributed by atoms with van der Waals surface area (Å²) in [5, 5.41) is 17.3. The molecule has 5 rings (SSSR count). The molecule has 0 radical (unpaired) electrons. The van der Waals surface area contributed by atoms with E-state index in [1.807, 2.05) is 31.2 Å². The van der Waals surface area contributed by atoms with Gasteiger partial charge in [0.1, 0.15) is 11.3 Å². The second-order valence-corrected chi connectivity index (χ2v) is 7.47. The summed E-state index contributed by atoms with van der Waals surface area (Å²) in [6.07, 6.45) is 3.90. The zero-order valence-electron chi connectivity index (χ0n) is 17.8. The molecule has 0 unspecified atom stereocenters. The lowest BCUT2D eigenvalue weighted by Gasteiger charge is -2.14. The fourth-order valence-electron chi connectivity index (χ4n) is 3.69. The lowest BCUT2D eigenvalue weighted by atomic mass is 10.0. The first kappa shape index (κ1) is 22.9. The number of benzene rings is 2. The Bertz CT molecular complexity index is 1560. The molecule has 9 nitrogen and oxygen atoms in total. The van der Waals surface area contributed by atoms with Gasteiger partial charge >= 0.3 is 5.97 Å². The molecule has 0 fully saturated rings. The average molecular weight is 479 g/mol. The van der Waals surface area contributed by atoms with Crippen LogP contribution in [0.4, 0.5) is 4.39 Å². The number of aromatic carboxylic acids is 1. The Kier molecular flexibility index (Phi) is 6.03. The molecule has 0 saturated heterocycles. The van der Waals surface area contributed by atoms with Gasteiger partial charge in [0.15, 0.2) is 5.52 Å². The number of hydrogen-bond acceptors (Lipinski definition) is 5. The number of aromatic nitrogens is 6. The van der Waals surface area contributed by atoms with Crippen molar-refractivity contribution >= 4 is 30.5 Å². The van der Waals surface area contributed by atoms with Crippen molar-refractivity contribution in [3.63, 3.8) is 0 Å².